The van der Waals surface area contributed by atoms with Crippen LogP contribution in [0.4, 0.5) is 0 Å². The number of ether oxygens (including phenoxy) is 1. The summed E-state index contributed by atoms with van der Waals surface area (Å²) in [6.45, 7) is 0.456. The van der Waals surface area contributed by atoms with Crippen LogP contribution in [0.5, 0.6) is 5.75 Å². The van der Waals surface area contributed by atoms with Gasteiger partial charge in [0.15, 0.2) is 0 Å². The molecule has 0 aromatic heterocycles. The molecule has 17 heavy (non-hydrogen) atoms. The van der Waals surface area contributed by atoms with Gasteiger partial charge in [-0.1, -0.05) is 35.9 Å². The van der Waals surface area contributed by atoms with Crippen LogP contribution in [0, 0.1) is 0 Å². The van der Waals surface area contributed by atoms with Gasteiger partial charge in [-0.3, -0.25) is 0 Å². The van der Waals surface area contributed by atoms with Crippen LogP contribution >= 0.6 is 11.6 Å². The van der Waals surface area contributed by atoms with Crippen LogP contribution in [0.2, 0.25) is 5.02 Å². The second kappa shape index (κ2) is 5.21. The van der Waals surface area contributed by atoms with Gasteiger partial charge in [-0.25, -0.2) is 0 Å². The minimum absolute atomic E-state index is 0.456. The molecular weight excluding hydrogens is 234 g/mol. The van der Waals surface area contributed by atoms with E-state index in [1.165, 1.54) is 0 Å². The first-order valence-electron chi connectivity index (χ1n) is 5.38. The van der Waals surface area contributed by atoms with Crippen molar-refractivity contribution in [3.63, 3.8) is 0 Å². The molecule has 3 heteroatoms. The summed E-state index contributed by atoms with van der Waals surface area (Å²) in [5.41, 5.74) is 8.84. The van der Waals surface area contributed by atoms with E-state index in [0.717, 1.165) is 27.5 Å². The molecule has 0 aliphatic rings. The summed E-state index contributed by atoms with van der Waals surface area (Å²) >= 11 is 6.19. The minimum Gasteiger partial charge on any atom is -0.497 e. The average Bonchev–Trinajstić information content (AvgIpc) is 2.38. The number of nitrogens with two attached hydrogens (primary N) is 1. The van der Waals surface area contributed by atoms with Crippen molar-refractivity contribution in [3.8, 4) is 16.9 Å². The van der Waals surface area contributed by atoms with E-state index < -0.39 is 0 Å². The van der Waals surface area contributed by atoms with Gasteiger partial charge in [0.25, 0.3) is 0 Å². The Kier molecular flexibility index (Phi) is 3.67. The quantitative estimate of drug-likeness (QED) is 0.901. The van der Waals surface area contributed by atoms with Crippen molar-refractivity contribution in [3.05, 3.63) is 53.1 Å². The van der Waals surface area contributed by atoms with Crippen molar-refractivity contribution in [2.75, 3.05) is 7.11 Å². The normalized spacial score (nSPS) is 10.3. The molecule has 0 unspecified atom stereocenters. The van der Waals surface area contributed by atoms with E-state index in [1.807, 2.05) is 42.5 Å². The Hall–Kier alpha value is -1.51. The molecule has 0 atom stereocenters. The average molecular weight is 248 g/mol. The SMILES string of the molecule is COc1ccc(-c2ccccc2Cl)c(CN)c1. The zero-order chi connectivity index (χ0) is 12.3. The lowest BCUT2D eigenvalue weighted by Gasteiger charge is -2.11. The smallest absolute Gasteiger partial charge is 0.119 e. The zero-order valence-corrected chi connectivity index (χ0v) is 10.4. The lowest BCUT2D eigenvalue weighted by Crippen LogP contribution is -2.00. The van der Waals surface area contributed by atoms with Crippen molar-refractivity contribution in [1.82, 2.24) is 0 Å². The first-order chi connectivity index (χ1) is 8.26. The summed E-state index contributed by atoms with van der Waals surface area (Å²) in [7, 11) is 1.64. The fourth-order valence-electron chi connectivity index (χ4n) is 1.81. The third-order valence-electron chi connectivity index (χ3n) is 2.70. The van der Waals surface area contributed by atoms with E-state index >= 15 is 0 Å². The number of methoxy groups -OCH3 is 1. The molecule has 2 aromatic rings. The van der Waals surface area contributed by atoms with Gasteiger partial charge in [0.05, 0.1) is 7.11 Å². The van der Waals surface area contributed by atoms with Gasteiger partial charge in [0.2, 0.25) is 0 Å². The molecule has 0 saturated carbocycles. The lowest BCUT2D eigenvalue weighted by atomic mass is 9.99. The van der Waals surface area contributed by atoms with Gasteiger partial charge in [-0.05, 0) is 29.3 Å². The highest BCUT2D eigenvalue weighted by Crippen LogP contribution is 2.32. The number of rotatable bonds is 3. The molecule has 0 aliphatic carbocycles. The molecule has 0 heterocycles. The van der Waals surface area contributed by atoms with Crippen LogP contribution in [-0.4, -0.2) is 7.11 Å². The van der Waals surface area contributed by atoms with Crippen LogP contribution in [-0.2, 0) is 6.54 Å². The van der Waals surface area contributed by atoms with Crippen LogP contribution in [0.3, 0.4) is 0 Å². The first-order valence-corrected chi connectivity index (χ1v) is 5.76. The van der Waals surface area contributed by atoms with E-state index in [4.69, 9.17) is 22.1 Å². The van der Waals surface area contributed by atoms with Crippen molar-refractivity contribution >= 4 is 11.6 Å². The van der Waals surface area contributed by atoms with Crippen molar-refractivity contribution < 1.29 is 4.74 Å². The fourth-order valence-corrected chi connectivity index (χ4v) is 2.05. The second-order valence-electron chi connectivity index (χ2n) is 3.71. The molecule has 88 valence electrons. The number of halogens is 1. The van der Waals surface area contributed by atoms with Gasteiger partial charge in [-0.2, -0.15) is 0 Å². The number of benzene rings is 2. The topological polar surface area (TPSA) is 35.2 Å². The molecule has 0 amide bonds. The number of hydrogen-bond acceptors (Lipinski definition) is 2. The third-order valence-corrected chi connectivity index (χ3v) is 3.03. The highest BCUT2D eigenvalue weighted by atomic mass is 35.5. The van der Waals surface area contributed by atoms with Crippen LogP contribution in [0.25, 0.3) is 11.1 Å². The van der Waals surface area contributed by atoms with Gasteiger partial charge >= 0.3 is 0 Å². The van der Waals surface area contributed by atoms with Crippen LogP contribution in [0.1, 0.15) is 5.56 Å². The summed E-state index contributed by atoms with van der Waals surface area (Å²) in [5, 5.41) is 0.729. The maximum atomic E-state index is 6.19. The van der Waals surface area contributed by atoms with E-state index in [-0.39, 0.29) is 0 Å². The zero-order valence-electron chi connectivity index (χ0n) is 9.61. The van der Waals surface area contributed by atoms with Gasteiger partial charge < -0.3 is 10.5 Å². The summed E-state index contributed by atoms with van der Waals surface area (Å²) in [6, 6.07) is 13.6. The molecule has 2 rings (SSSR count). The van der Waals surface area contributed by atoms with E-state index in [9.17, 15) is 0 Å². The summed E-state index contributed by atoms with van der Waals surface area (Å²) < 4.78 is 5.19. The molecule has 2 N–H and O–H groups in total. The van der Waals surface area contributed by atoms with E-state index in [1.54, 1.807) is 7.11 Å². The fraction of sp³-hybridized carbons (Fsp3) is 0.143. The Bertz CT molecular complexity index is 525. The standard InChI is InChI=1S/C14H14ClNO/c1-17-11-6-7-12(10(8-11)9-16)13-4-2-3-5-14(13)15/h2-8H,9,16H2,1H3. The molecule has 0 saturated heterocycles. The second-order valence-corrected chi connectivity index (χ2v) is 4.11. The molecule has 2 nitrogen and oxygen atoms in total. The predicted octanol–water partition coefficient (Wildman–Crippen LogP) is 3.47. The highest BCUT2D eigenvalue weighted by Gasteiger charge is 2.08. The molecule has 0 bridgehead atoms. The summed E-state index contributed by atoms with van der Waals surface area (Å²) in [5.74, 6) is 0.807. The Morgan fingerprint density at radius 1 is 1.12 bits per heavy atom. The predicted molar refractivity (Wildman–Crippen MR) is 71.3 cm³/mol. The lowest BCUT2D eigenvalue weighted by molar-refractivity contribution is 0.414. The Morgan fingerprint density at radius 3 is 2.53 bits per heavy atom. The minimum atomic E-state index is 0.456. The van der Waals surface area contributed by atoms with Crippen molar-refractivity contribution in [2.24, 2.45) is 5.73 Å². The largest absolute Gasteiger partial charge is 0.497 e. The summed E-state index contributed by atoms with van der Waals surface area (Å²) in [6.07, 6.45) is 0. The Labute approximate surface area is 106 Å². The molecule has 0 spiro atoms. The first kappa shape index (κ1) is 12.0. The van der Waals surface area contributed by atoms with E-state index in [2.05, 4.69) is 0 Å². The Balaban J connectivity index is 2.56. The molecule has 0 fully saturated rings. The molecule has 2 aromatic carbocycles. The molecular formula is C14H14ClNO. The van der Waals surface area contributed by atoms with E-state index in [0.29, 0.717) is 6.54 Å². The highest BCUT2D eigenvalue weighted by molar-refractivity contribution is 6.33. The van der Waals surface area contributed by atoms with Gasteiger partial charge in [0, 0.05) is 17.1 Å². The molecule has 0 aliphatic heterocycles. The molecule has 0 radical (unpaired) electrons. The van der Waals surface area contributed by atoms with Crippen LogP contribution in [0.15, 0.2) is 42.5 Å². The Morgan fingerprint density at radius 2 is 1.88 bits per heavy atom. The monoisotopic (exact) mass is 247 g/mol. The summed E-state index contributed by atoms with van der Waals surface area (Å²) in [4.78, 5) is 0. The van der Waals surface area contributed by atoms with Crippen molar-refractivity contribution in [1.29, 1.82) is 0 Å². The maximum Gasteiger partial charge on any atom is 0.119 e. The van der Waals surface area contributed by atoms with Crippen molar-refractivity contribution in [2.45, 2.75) is 6.54 Å². The van der Waals surface area contributed by atoms with Gasteiger partial charge in [0.1, 0.15) is 5.75 Å². The maximum absolute atomic E-state index is 6.19. The van der Waals surface area contributed by atoms with Crippen LogP contribution < -0.4 is 10.5 Å². The number of hydrogen-bond donors (Lipinski definition) is 1. The third kappa shape index (κ3) is 2.43. The van der Waals surface area contributed by atoms with Gasteiger partial charge in [-0.15, -0.1) is 0 Å².